The average molecular weight is 317 g/mol. The fourth-order valence-electron chi connectivity index (χ4n) is 1.47. The van der Waals surface area contributed by atoms with E-state index in [4.69, 9.17) is 4.42 Å². The zero-order chi connectivity index (χ0) is 13.3. The van der Waals surface area contributed by atoms with Crippen molar-refractivity contribution in [3.8, 4) is 11.5 Å². The first-order valence-electron chi connectivity index (χ1n) is 5.46. The Hall–Kier alpha value is -1.30. The van der Waals surface area contributed by atoms with Crippen molar-refractivity contribution < 1.29 is 13.2 Å². The van der Waals surface area contributed by atoms with Gasteiger partial charge in [-0.2, -0.15) is 0 Å². The van der Waals surface area contributed by atoms with Gasteiger partial charge in [-0.1, -0.05) is 22.9 Å². The summed E-state index contributed by atoms with van der Waals surface area (Å²) in [6.07, 6.45) is 0.770. The van der Waals surface area contributed by atoms with Crippen molar-refractivity contribution in [3.63, 3.8) is 0 Å². The highest BCUT2D eigenvalue weighted by Gasteiger charge is 2.18. The van der Waals surface area contributed by atoms with Gasteiger partial charge in [0.15, 0.2) is 0 Å². The Labute approximate surface area is 111 Å². The first kappa shape index (κ1) is 13.1. The lowest BCUT2D eigenvalue weighted by Crippen LogP contribution is -1.90. The normalized spacial score (nSPS) is 12.7. The van der Waals surface area contributed by atoms with E-state index in [2.05, 4.69) is 26.1 Å². The summed E-state index contributed by atoms with van der Waals surface area (Å²) < 4.78 is 32.1. The summed E-state index contributed by atoms with van der Waals surface area (Å²) in [5.41, 5.74) is 0.445. The minimum Gasteiger partial charge on any atom is -0.419 e. The molecule has 0 aliphatic carbocycles. The molecule has 3 nitrogen and oxygen atoms in total. The van der Waals surface area contributed by atoms with Crippen LogP contribution in [0.3, 0.4) is 0 Å². The Morgan fingerprint density at radius 1 is 1.28 bits per heavy atom. The van der Waals surface area contributed by atoms with Gasteiger partial charge in [0.2, 0.25) is 5.89 Å². The lowest BCUT2D eigenvalue weighted by molar-refractivity contribution is 0.495. The molecule has 1 atom stereocenters. The molecule has 18 heavy (non-hydrogen) atoms. The van der Waals surface area contributed by atoms with E-state index >= 15 is 0 Å². The Bertz CT molecular complexity index is 571. The minimum atomic E-state index is -0.712. The van der Waals surface area contributed by atoms with Crippen LogP contribution in [0.1, 0.15) is 29.6 Å². The first-order chi connectivity index (χ1) is 8.52. The number of nitrogens with zero attached hydrogens (tertiary/aromatic N) is 2. The van der Waals surface area contributed by atoms with E-state index in [-0.39, 0.29) is 16.3 Å². The lowest BCUT2D eigenvalue weighted by atomic mass is 10.1. The van der Waals surface area contributed by atoms with Crippen molar-refractivity contribution in [3.05, 3.63) is 35.2 Å². The van der Waals surface area contributed by atoms with Crippen LogP contribution in [-0.2, 0) is 0 Å². The fourth-order valence-corrected chi connectivity index (χ4v) is 1.65. The summed E-state index contributed by atoms with van der Waals surface area (Å²) in [6, 6.07) is 2.18. The van der Waals surface area contributed by atoms with Crippen molar-refractivity contribution in [2.45, 2.75) is 25.1 Å². The zero-order valence-electron chi connectivity index (χ0n) is 9.88. The van der Waals surface area contributed by atoms with Crippen molar-refractivity contribution in [1.29, 1.82) is 0 Å². The van der Waals surface area contributed by atoms with Gasteiger partial charge < -0.3 is 4.42 Å². The number of hydrogen-bond donors (Lipinski definition) is 0. The third-order valence-corrected chi connectivity index (χ3v) is 3.58. The average Bonchev–Trinajstić information content (AvgIpc) is 2.82. The summed E-state index contributed by atoms with van der Waals surface area (Å²) in [5.74, 6) is -0.865. The van der Waals surface area contributed by atoms with Gasteiger partial charge in [0.25, 0.3) is 5.89 Å². The number of aryl methyl sites for hydroxylation is 1. The van der Waals surface area contributed by atoms with Gasteiger partial charge in [0.05, 0.1) is 10.4 Å². The van der Waals surface area contributed by atoms with Crippen LogP contribution < -0.4 is 0 Å². The van der Waals surface area contributed by atoms with Gasteiger partial charge in [-0.15, -0.1) is 10.2 Å². The maximum atomic E-state index is 13.6. The smallest absolute Gasteiger partial charge is 0.250 e. The van der Waals surface area contributed by atoms with Crippen LogP contribution in [0.2, 0.25) is 0 Å². The van der Waals surface area contributed by atoms with Gasteiger partial charge in [-0.3, -0.25) is 0 Å². The van der Waals surface area contributed by atoms with Crippen LogP contribution in [0.5, 0.6) is 0 Å². The predicted molar refractivity (Wildman–Crippen MR) is 66.3 cm³/mol. The van der Waals surface area contributed by atoms with E-state index in [9.17, 15) is 8.78 Å². The van der Waals surface area contributed by atoms with Crippen molar-refractivity contribution in [2.24, 2.45) is 0 Å². The molecule has 6 heteroatoms. The molecule has 0 spiro atoms. The second kappa shape index (κ2) is 5.14. The van der Waals surface area contributed by atoms with Crippen LogP contribution in [0.25, 0.3) is 11.5 Å². The van der Waals surface area contributed by atoms with Crippen molar-refractivity contribution in [1.82, 2.24) is 10.2 Å². The molecule has 0 aliphatic heterocycles. The summed E-state index contributed by atoms with van der Waals surface area (Å²) in [4.78, 5) is -0.0663. The highest BCUT2D eigenvalue weighted by Crippen LogP contribution is 2.29. The fraction of sp³-hybridized carbons (Fsp3) is 0.333. The summed E-state index contributed by atoms with van der Waals surface area (Å²) in [5, 5.41) is 7.61. The molecular weight excluding hydrogens is 306 g/mol. The SMILES string of the molecule is CCC(Br)c1nnc(-c2cc(C)c(F)cc2F)o1. The Balaban J connectivity index is 2.43. The number of halogens is 3. The van der Waals surface area contributed by atoms with E-state index in [1.54, 1.807) is 6.92 Å². The van der Waals surface area contributed by atoms with Gasteiger partial charge >= 0.3 is 0 Å². The summed E-state index contributed by atoms with van der Waals surface area (Å²) in [7, 11) is 0. The summed E-state index contributed by atoms with van der Waals surface area (Å²) >= 11 is 3.37. The van der Waals surface area contributed by atoms with Gasteiger partial charge in [0, 0.05) is 6.07 Å². The second-order valence-electron chi connectivity index (χ2n) is 3.90. The van der Waals surface area contributed by atoms with E-state index in [1.165, 1.54) is 6.07 Å². The van der Waals surface area contributed by atoms with Crippen molar-refractivity contribution >= 4 is 15.9 Å². The van der Waals surface area contributed by atoms with Crippen LogP contribution in [0.15, 0.2) is 16.5 Å². The third-order valence-electron chi connectivity index (χ3n) is 2.55. The quantitative estimate of drug-likeness (QED) is 0.798. The minimum absolute atomic E-state index is 0.0588. The molecule has 0 bridgehead atoms. The number of rotatable bonds is 3. The van der Waals surface area contributed by atoms with Crippen LogP contribution >= 0.6 is 15.9 Å². The molecule has 2 aromatic rings. The van der Waals surface area contributed by atoms with Gasteiger partial charge in [-0.25, -0.2) is 8.78 Å². The number of hydrogen-bond acceptors (Lipinski definition) is 3. The Morgan fingerprint density at radius 2 is 2.00 bits per heavy atom. The third kappa shape index (κ3) is 2.43. The summed E-state index contributed by atoms with van der Waals surface area (Å²) in [6.45, 7) is 3.50. The maximum absolute atomic E-state index is 13.6. The molecule has 1 unspecified atom stereocenters. The molecule has 0 radical (unpaired) electrons. The maximum Gasteiger partial charge on any atom is 0.250 e. The van der Waals surface area contributed by atoms with E-state index in [0.717, 1.165) is 12.5 Å². The molecular formula is C12H11BrF2N2O. The van der Waals surface area contributed by atoms with Crippen LogP contribution in [-0.4, -0.2) is 10.2 Å². The first-order valence-corrected chi connectivity index (χ1v) is 6.38. The topological polar surface area (TPSA) is 38.9 Å². The highest BCUT2D eigenvalue weighted by atomic mass is 79.9. The molecule has 0 saturated carbocycles. The molecule has 1 heterocycles. The molecule has 0 fully saturated rings. The monoisotopic (exact) mass is 316 g/mol. The molecule has 0 amide bonds. The lowest BCUT2D eigenvalue weighted by Gasteiger charge is -2.02. The van der Waals surface area contributed by atoms with E-state index in [1.807, 2.05) is 6.92 Å². The number of benzene rings is 1. The Kier molecular flexibility index (Phi) is 3.75. The molecule has 2 rings (SSSR count). The molecule has 96 valence electrons. The largest absolute Gasteiger partial charge is 0.419 e. The molecule has 1 aromatic heterocycles. The van der Waals surface area contributed by atoms with E-state index < -0.39 is 11.6 Å². The van der Waals surface area contributed by atoms with E-state index in [0.29, 0.717) is 11.5 Å². The van der Waals surface area contributed by atoms with Crippen molar-refractivity contribution in [2.75, 3.05) is 0 Å². The Morgan fingerprint density at radius 3 is 2.67 bits per heavy atom. The molecule has 0 aliphatic rings. The highest BCUT2D eigenvalue weighted by molar-refractivity contribution is 9.09. The number of alkyl halides is 1. The molecule has 1 aromatic carbocycles. The zero-order valence-corrected chi connectivity index (χ0v) is 11.5. The standard InChI is InChI=1S/C12H11BrF2N2O/c1-3-8(13)12-17-16-11(18-12)7-4-6(2)9(14)5-10(7)15/h4-5,8H,3H2,1-2H3. The molecule has 0 saturated heterocycles. The predicted octanol–water partition coefficient (Wildman–Crippen LogP) is 4.17. The second-order valence-corrected chi connectivity index (χ2v) is 5.01. The number of aromatic nitrogens is 2. The molecule has 0 N–H and O–H groups in total. The van der Waals surface area contributed by atoms with Crippen LogP contribution in [0.4, 0.5) is 8.78 Å². The van der Waals surface area contributed by atoms with Crippen LogP contribution in [0, 0.1) is 18.6 Å². The van der Waals surface area contributed by atoms with Gasteiger partial charge in [0.1, 0.15) is 11.6 Å². The van der Waals surface area contributed by atoms with Gasteiger partial charge in [-0.05, 0) is 25.0 Å².